The lowest BCUT2D eigenvalue weighted by Crippen LogP contribution is -2.45. The maximum atomic E-state index is 12.3. The second-order valence-corrected chi connectivity index (χ2v) is 6.90. The van der Waals surface area contributed by atoms with Crippen LogP contribution in [0.5, 0.6) is 0 Å². The summed E-state index contributed by atoms with van der Waals surface area (Å²) in [6, 6.07) is 4.70. The number of hydrogen-bond donors (Lipinski definition) is 1. The largest absolute Gasteiger partial charge is 0.338 e. The zero-order valence-electron chi connectivity index (χ0n) is 15.1. The van der Waals surface area contributed by atoms with Gasteiger partial charge < -0.3 is 9.80 Å². The van der Waals surface area contributed by atoms with E-state index in [1.165, 1.54) is 10.7 Å². The summed E-state index contributed by atoms with van der Waals surface area (Å²) in [5.74, 6) is 1.08. The van der Waals surface area contributed by atoms with Crippen LogP contribution in [0.25, 0.3) is 17.1 Å². The molecule has 3 aromatic rings. The van der Waals surface area contributed by atoms with Gasteiger partial charge in [0, 0.05) is 44.0 Å². The fourth-order valence-electron chi connectivity index (χ4n) is 3.01. The number of piperazine rings is 1. The van der Waals surface area contributed by atoms with Crippen molar-refractivity contribution in [3.8, 4) is 17.1 Å². The molecule has 9 nitrogen and oxygen atoms in total. The minimum absolute atomic E-state index is 0.246. The molecule has 1 aliphatic heterocycles. The third kappa shape index (κ3) is 3.56. The van der Waals surface area contributed by atoms with Gasteiger partial charge in [-0.1, -0.05) is 11.6 Å². The molecule has 0 amide bonds. The van der Waals surface area contributed by atoms with Gasteiger partial charge in [-0.15, -0.1) is 10.2 Å². The summed E-state index contributed by atoms with van der Waals surface area (Å²) in [4.78, 5) is 25.9. The molecule has 0 aromatic carbocycles. The van der Waals surface area contributed by atoms with E-state index < -0.39 is 0 Å². The quantitative estimate of drug-likeness (QED) is 0.720. The van der Waals surface area contributed by atoms with E-state index in [2.05, 4.69) is 42.1 Å². The number of halogens is 1. The van der Waals surface area contributed by atoms with Crippen molar-refractivity contribution in [2.45, 2.75) is 6.92 Å². The number of aryl methyl sites for hydroxylation is 1. The Hall–Kier alpha value is -2.78. The Labute approximate surface area is 160 Å². The molecule has 0 radical (unpaired) electrons. The van der Waals surface area contributed by atoms with E-state index in [9.17, 15) is 4.79 Å². The number of aromatic amines is 1. The highest BCUT2D eigenvalue weighted by atomic mass is 35.5. The van der Waals surface area contributed by atoms with Gasteiger partial charge in [-0.05, 0) is 26.1 Å². The average Bonchev–Trinajstić information content (AvgIpc) is 3.04. The van der Waals surface area contributed by atoms with Gasteiger partial charge in [-0.3, -0.25) is 9.89 Å². The Kier molecular flexibility index (Phi) is 4.63. The van der Waals surface area contributed by atoms with Crippen LogP contribution in [0.2, 0.25) is 5.15 Å². The fourth-order valence-corrected chi connectivity index (χ4v) is 3.11. The van der Waals surface area contributed by atoms with Crippen LogP contribution in [0.4, 0.5) is 5.95 Å². The Bertz CT molecular complexity index is 1000. The number of aromatic nitrogens is 6. The summed E-state index contributed by atoms with van der Waals surface area (Å²) in [6.45, 7) is 5.69. The number of H-pyrrole nitrogens is 1. The first-order chi connectivity index (χ1) is 13.0. The molecule has 1 N–H and O–H groups in total. The molecule has 0 aliphatic carbocycles. The summed E-state index contributed by atoms with van der Waals surface area (Å²) in [5, 5.41) is 11.0. The minimum atomic E-state index is -0.246. The summed E-state index contributed by atoms with van der Waals surface area (Å²) < 4.78 is 1.31. The van der Waals surface area contributed by atoms with Crippen molar-refractivity contribution >= 4 is 17.5 Å². The predicted octanol–water partition coefficient (Wildman–Crippen LogP) is 1.13. The molecule has 4 heterocycles. The van der Waals surface area contributed by atoms with Crippen LogP contribution in [-0.4, -0.2) is 68.1 Å². The van der Waals surface area contributed by atoms with Crippen molar-refractivity contribution in [1.29, 1.82) is 0 Å². The first-order valence-electron chi connectivity index (χ1n) is 8.60. The van der Waals surface area contributed by atoms with Crippen molar-refractivity contribution in [3.05, 3.63) is 45.6 Å². The molecular weight excluding hydrogens is 368 g/mol. The van der Waals surface area contributed by atoms with Gasteiger partial charge in [0.05, 0.1) is 11.4 Å². The van der Waals surface area contributed by atoms with Crippen molar-refractivity contribution in [2.24, 2.45) is 0 Å². The fraction of sp³-hybridized carbons (Fsp3) is 0.353. The standard InChI is InChI=1S/C17H19ClN8O/c1-11-12(10-19-17(20-11)25-7-5-24(2)6-8-25)13-9-16(27)26(23-13)15-4-3-14(18)21-22-15/h3-4,9-10,23H,5-8H2,1-2H3. The van der Waals surface area contributed by atoms with Crippen molar-refractivity contribution in [3.63, 3.8) is 0 Å². The van der Waals surface area contributed by atoms with Crippen molar-refractivity contribution in [2.75, 3.05) is 38.1 Å². The van der Waals surface area contributed by atoms with Crippen LogP contribution in [-0.2, 0) is 0 Å². The molecule has 0 atom stereocenters. The van der Waals surface area contributed by atoms with E-state index in [0.717, 1.165) is 43.4 Å². The van der Waals surface area contributed by atoms with E-state index in [1.54, 1.807) is 18.3 Å². The Morgan fingerprint density at radius 2 is 1.93 bits per heavy atom. The molecule has 10 heteroatoms. The molecule has 1 fully saturated rings. The number of anilines is 1. The van der Waals surface area contributed by atoms with Gasteiger partial charge in [-0.2, -0.15) is 4.68 Å². The number of likely N-dealkylation sites (N-methyl/N-ethyl adjacent to an activating group) is 1. The number of nitrogens with zero attached hydrogens (tertiary/aromatic N) is 7. The van der Waals surface area contributed by atoms with Gasteiger partial charge in [0.2, 0.25) is 5.95 Å². The van der Waals surface area contributed by atoms with Gasteiger partial charge in [0.25, 0.3) is 5.56 Å². The minimum Gasteiger partial charge on any atom is -0.338 e. The lowest BCUT2D eigenvalue weighted by molar-refractivity contribution is 0.311. The summed E-state index contributed by atoms with van der Waals surface area (Å²) in [5.41, 5.74) is 1.95. The summed E-state index contributed by atoms with van der Waals surface area (Å²) >= 11 is 5.75. The molecule has 1 aliphatic rings. The first kappa shape index (κ1) is 17.6. The normalized spacial score (nSPS) is 15.3. The molecule has 4 rings (SSSR count). The Balaban J connectivity index is 1.63. The number of hydrogen-bond acceptors (Lipinski definition) is 7. The van der Waals surface area contributed by atoms with E-state index >= 15 is 0 Å². The number of rotatable bonds is 3. The monoisotopic (exact) mass is 386 g/mol. The van der Waals surface area contributed by atoms with Gasteiger partial charge in [0.15, 0.2) is 11.0 Å². The molecule has 140 valence electrons. The molecule has 0 saturated carbocycles. The van der Waals surface area contributed by atoms with Crippen LogP contribution in [0, 0.1) is 6.92 Å². The van der Waals surface area contributed by atoms with Gasteiger partial charge >= 0.3 is 0 Å². The van der Waals surface area contributed by atoms with Crippen LogP contribution in [0.15, 0.2) is 29.2 Å². The van der Waals surface area contributed by atoms with Crippen LogP contribution >= 0.6 is 11.6 Å². The summed E-state index contributed by atoms with van der Waals surface area (Å²) in [7, 11) is 2.11. The van der Waals surface area contributed by atoms with E-state index in [4.69, 9.17) is 11.6 Å². The zero-order chi connectivity index (χ0) is 19.0. The van der Waals surface area contributed by atoms with Gasteiger partial charge in [-0.25, -0.2) is 9.97 Å². The maximum absolute atomic E-state index is 12.3. The highest BCUT2D eigenvalue weighted by Gasteiger charge is 2.18. The topological polar surface area (TPSA) is 95.8 Å². The lowest BCUT2D eigenvalue weighted by Gasteiger charge is -2.32. The highest BCUT2D eigenvalue weighted by Crippen LogP contribution is 2.21. The second kappa shape index (κ2) is 7.09. The molecule has 3 aromatic heterocycles. The van der Waals surface area contributed by atoms with Crippen LogP contribution < -0.4 is 10.5 Å². The Morgan fingerprint density at radius 1 is 1.15 bits per heavy atom. The molecule has 27 heavy (non-hydrogen) atoms. The van der Waals surface area contributed by atoms with E-state index in [-0.39, 0.29) is 10.7 Å². The molecular formula is C17H19ClN8O. The molecule has 1 saturated heterocycles. The average molecular weight is 387 g/mol. The predicted molar refractivity (Wildman–Crippen MR) is 102 cm³/mol. The third-order valence-corrected chi connectivity index (χ3v) is 4.81. The SMILES string of the molecule is Cc1nc(N2CCN(C)CC2)ncc1-c1cc(=O)n(-c2ccc(Cl)nn2)[nH]1. The van der Waals surface area contributed by atoms with E-state index in [1.807, 2.05) is 6.92 Å². The third-order valence-electron chi connectivity index (χ3n) is 4.61. The van der Waals surface area contributed by atoms with Crippen LogP contribution in [0.3, 0.4) is 0 Å². The van der Waals surface area contributed by atoms with Crippen LogP contribution in [0.1, 0.15) is 5.69 Å². The highest BCUT2D eigenvalue weighted by molar-refractivity contribution is 6.29. The summed E-state index contributed by atoms with van der Waals surface area (Å²) in [6.07, 6.45) is 1.75. The van der Waals surface area contributed by atoms with Crippen molar-refractivity contribution in [1.82, 2.24) is 34.8 Å². The van der Waals surface area contributed by atoms with Crippen molar-refractivity contribution < 1.29 is 0 Å². The zero-order valence-corrected chi connectivity index (χ0v) is 15.8. The number of nitrogens with one attached hydrogen (secondary N) is 1. The maximum Gasteiger partial charge on any atom is 0.273 e. The molecule has 0 bridgehead atoms. The lowest BCUT2D eigenvalue weighted by atomic mass is 10.2. The molecule has 0 unspecified atom stereocenters. The molecule has 0 spiro atoms. The first-order valence-corrected chi connectivity index (χ1v) is 8.98. The van der Waals surface area contributed by atoms with Gasteiger partial charge in [0.1, 0.15) is 0 Å². The Morgan fingerprint density at radius 3 is 2.59 bits per heavy atom. The smallest absolute Gasteiger partial charge is 0.273 e. The van der Waals surface area contributed by atoms with E-state index in [0.29, 0.717) is 11.5 Å². The second-order valence-electron chi connectivity index (χ2n) is 6.52.